The standard InChI is InChI=1S/C34H26N4O24S10/c39-65(40,41)19-5-15-7-21(67(45,46)47)13-29(71(57,58)59)31(15)25(11-19)37-33(63)35-17-1-3-23(27(9-17)69(51,52)53)24-4-2-18(10-28(24)70(54,55)56)36-34(64)38-26-12-20(66(42,43)44)6-16-8-22(68(48,49)50)14-30(32(16)26)72(60,61)62/h1-14H,(H2,35,37,63)(H2,36,38,64)(H,39,40,41)(H,42,43,44)(H,45,46,47)(H,48,49,50)(H,51,52,53)(H,54,55,56)(H,57,58,59)(H,60,61,62). The predicted octanol–water partition coefficient (Wildman–Crippen LogP) is 3.25. The maximum absolute atomic E-state index is 12.8. The third-order valence-corrected chi connectivity index (χ3v) is 16.8. The molecule has 12 N–H and O–H groups in total. The topological polar surface area (TPSA) is 483 Å². The van der Waals surface area contributed by atoms with Crippen LogP contribution in [0.1, 0.15) is 0 Å². The second kappa shape index (κ2) is 18.8. The SMILES string of the molecule is O=S(=O)(O)c1cc(NC(=S)Nc2ccc(-c3ccc(NC(=S)Nc4cc(S(=O)(=O)O)cc5cc(S(=O)(=O)O)cc(S(=O)(=O)O)c45)cc3S(=O)(=O)O)c(S(=O)(=O)O)c2)c2c(S(=O)(=O)O)cc(S(=O)(=O)O)cc2c1. The Bertz CT molecular complexity index is 4070. The Kier molecular flexibility index (Phi) is 14.5. The van der Waals surface area contributed by atoms with Gasteiger partial charge in [-0.2, -0.15) is 67.3 Å². The molecule has 0 saturated carbocycles. The third-order valence-electron chi connectivity index (χ3n) is 9.49. The van der Waals surface area contributed by atoms with Gasteiger partial charge < -0.3 is 21.3 Å². The van der Waals surface area contributed by atoms with E-state index < -0.39 is 186 Å². The molecule has 6 aromatic rings. The van der Waals surface area contributed by atoms with Crippen molar-refractivity contribution in [3.8, 4) is 11.1 Å². The lowest BCUT2D eigenvalue weighted by Crippen LogP contribution is -2.20. The average Bonchev–Trinajstić information content (AvgIpc) is 3.20. The first kappa shape index (κ1) is 55.8. The van der Waals surface area contributed by atoms with Crippen molar-refractivity contribution in [3.63, 3.8) is 0 Å². The van der Waals surface area contributed by atoms with Gasteiger partial charge in [0.15, 0.2) is 10.2 Å². The van der Waals surface area contributed by atoms with Crippen LogP contribution in [0, 0.1) is 0 Å². The smallest absolute Gasteiger partial charge is 0.295 e. The van der Waals surface area contributed by atoms with Crippen molar-refractivity contribution in [2.75, 3.05) is 21.3 Å². The van der Waals surface area contributed by atoms with Gasteiger partial charge in [-0.15, -0.1) is 0 Å². The first-order valence-corrected chi connectivity index (χ1v) is 30.4. The number of anilines is 4. The molecule has 0 fully saturated rings. The molecule has 28 nitrogen and oxygen atoms in total. The number of benzene rings is 6. The molecular formula is C34H26N4O24S10. The summed E-state index contributed by atoms with van der Waals surface area (Å²) in [5.74, 6) is 0. The van der Waals surface area contributed by atoms with Gasteiger partial charge in [0.05, 0.1) is 31.0 Å². The third kappa shape index (κ3) is 12.5. The molecule has 0 saturated heterocycles. The molecule has 38 heteroatoms. The van der Waals surface area contributed by atoms with Crippen LogP contribution in [0.15, 0.2) is 124 Å². The predicted molar refractivity (Wildman–Crippen MR) is 258 cm³/mol. The van der Waals surface area contributed by atoms with Gasteiger partial charge in [0.25, 0.3) is 80.9 Å². The van der Waals surface area contributed by atoms with Crippen molar-refractivity contribution in [3.05, 3.63) is 84.9 Å². The summed E-state index contributed by atoms with van der Waals surface area (Å²) < 4.78 is 276. The molecule has 0 aromatic heterocycles. The van der Waals surface area contributed by atoms with Crippen LogP contribution in [-0.4, -0.2) is 114 Å². The van der Waals surface area contributed by atoms with Crippen molar-refractivity contribution < 1.29 is 104 Å². The molecular weight excluding hydrogens is 1170 g/mol. The van der Waals surface area contributed by atoms with Crippen LogP contribution in [0.25, 0.3) is 32.7 Å². The zero-order valence-electron chi connectivity index (χ0n) is 34.3. The van der Waals surface area contributed by atoms with Gasteiger partial charge in [-0.3, -0.25) is 36.4 Å². The monoisotopic (exact) mass is 1190 g/mol. The maximum Gasteiger partial charge on any atom is 0.295 e. The van der Waals surface area contributed by atoms with Gasteiger partial charge in [0.2, 0.25) is 0 Å². The van der Waals surface area contributed by atoms with E-state index in [0.717, 1.165) is 24.3 Å². The average molecular weight is 1200 g/mol. The highest BCUT2D eigenvalue weighted by Gasteiger charge is 2.29. The van der Waals surface area contributed by atoms with Crippen molar-refractivity contribution in [2.45, 2.75) is 39.2 Å². The minimum absolute atomic E-state index is 0.294. The Hall–Kier alpha value is -5.50. The molecule has 0 amide bonds. The quantitative estimate of drug-likeness (QED) is 0.0583. The molecule has 0 aliphatic rings. The van der Waals surface area contributed by atoms with E-state index in [1.165, 1.54) is 0 Å². The second-order valence-electron chi connectivity index (χ2n) is 14.4. The van der Waals surface area contributed by atoms with Crippen LogP contribution in [0.2, 0.25) is 0 Å². The Morgan fingerprint density at radius 1 is 0.319 bits per heavy atom. The fourth-order valence-electron chi connectivity index (χ4n) is 6.69. The van der Waals surface area contributed by atoms with Crippen molar-refractivity contribution in [1.82, 2.24) is 0 Å². The largest absolute Gasteiger partial charge is 0.332 e. The van der Waals surface area contributed by atoms with Crippen LogP contribution in [0.4, 0.5) is 22.7 Å². The lowest BCUT2D eigenvalue weighted by atomic mass is 10.0. The highest BCUT2D eigenvalue weighted by Crippen LogP contribution is 2.39. The van der Waals surface area contributed by atoms with Crippen LogP contribution in [0.5, 0.6) is 0 Å². The summed E-state index contributed by atoms with van der Waals surface area (Å²) in [7, 11) is -42.5. The van der Waals surface area contributed by atoms with Gasteiger partial charge in [-0.1, -0.05) is 12.1 Å². The van der Waals surface area contributed by atoms with Crippen molar-refractivity contribution >= 4 is 160 Å². The molecule has 0 aliphatic carbocycles. The molecule has 0 bridgehead atoms. The van der Waals surface area contributed by atoms with Crippen LogP contribution in [0.3, 0.4) is 0 Å². The van der Waals surface area contributed by atoms with E-state index in [-0.39, 0.29) is 0 Å². The van der Waals surface area contributed by atoms with E-state index in [4.69, 9.17) is 24.4 Å². The normalized spacial score (nSPS) is 13.2. The number of thiocarbonyl (C=S) groups is 2. The number of nitrogens with one attached hydrogen (secondary N) is 4. The Morgan fingerprint density at radius 2 is 0.583 bits per heavy atom. The summed E-state index contributed by atoms with van der Waals surface area (Å²) >= 11 is 10.4. The van der Waals surface area contributed by atoms with Gasteiger partial charge in [-0.25, -0.2) is 0 Å². The van der Waals surface area contributed by atoms with E-state index in [0.29, 0.717) is 60.7 Å². The van der Waals surface area contributed by atoms with E-state index in [1.54, 1.807) is 0 Å². The first-order chi connectivity index (χ1) is 32.5. The molecule has 0 radical (unpaired) electrons. The van der Waals surface area contributed by atoms with Gasteiger partial charge in [-0.05, 0) is 108 Å². The summed E-state index contributed by atoms with van der Waals surface area (Å²) in [6.45, 7) is 0. The Balaban J connectivity index is 1.39. The minimum atomic E-state index is -5.42. The molecule has 6 rings (SSSR count). The van der Waals surface area contributed by atoms with E-state index in [2.05, 4.69) is 21.3 Å². The van der Waals surface area contributed by atoms with Crippen molar-refractivity contribution in [1.29, 1.82) is 0 Å². The fourth-order valence-corrected chi connectivity index (χ4v) is 12.4. The Labute approximate surface area is 417 Å². The lowest BCUT2D eigenvalue weighted by molar-refractivity contribution is 0.477. The molecule has 0 atom stereocenters. The van der Waals surface area contributed by atoms with Gasteiger partial charge in [0.1, 0.15) is 19.6 Å². The lowest BCUT2D eigenvalue weighted by Gasteiger charge is -2.18. The number of rotatable bonds is 13. The van der Waals surface area contributed by atoms with Gasteiger partial charge >= 0.3 is 0 Å². The number of fused-ring (bicyclic) bond motifs is 2. The van der Waals surface area contributed by atoms with E-state index in [1.807, 2.05) is 0 Å². The highest BCUT2D eigenvalue weighted by molar-refractivity contribution is 7.88. The van der Waals surface area contributed by atoms with Crippen LogP contribution in [-0.2, 0) is 80.9 Å². The van der Waals surface area contributed by atoms with Crippen molar-refractivity contribution in [2.24, 2.45) is 0 Å². The fraction of sp³-hybridized carbons (Fsp3) is 0. The van der Waals surface area contributed by atoms with E-state index in [9.17, 15) is 104 Å². The molecule has 0 unspecified atom stereocenters. The molecule has 6 aromatic carbocycles. The highest BCUT2D eigenvalue weighted by atomic mass is 32.3. The molecule has 0 heterocycles. The second-order valence-corrected chi connectivity index (χ2v) is 26.4. The van der Waals surface area contributed by atoms with Crippen LogP contribution < -0.4 is 21.3 Å². The zero-order valence-corrected chi connectivity index (χ0v) is 42.4. The Morgan fingerprint density at radius 3 is 0.833 bits per heavy atom. The molecule has 386 valence electrons. The number of hydrogen-bond acceptors (Lipinski definition) is 18. The van der Waals surface area contributed by atoms with Gasteiger partial charge in [0, 0.05) is 33.3 Å². The van der Waals surface area contributed by atoms with Crippen LogP contribution >= 0.6 is 24.4 Å². The summed E-state index contributed by atoms with van der Waals surface area (Å²) in [6, 6.07) is 8.95. The summed E-state index contributed by atoms with van der Waals surface area (Å²) in [5, 5.41) is 5.42. The summed E-state index contributed by atoms with van der Waals surface area (Å²) in [5.41, 5.74) is -3.48. The number of hydrogen-bond donors (Lipinski definition) is 12. The first-order valence-electron chi connectivity index (χ1n) is 18.0. The van der Waals surface area contributed by atoms with E-state index >= 15 is 0 Å². The maximum atomic E-state index is 12.8. The molecule has 72 heavy (non-hydrogen) atoms. The minimum Gasteiger partial charge on any atom is -0.332 e. The zero-order chi connectivity index (χ0) is 54.3. The summed E-state index contributed by atoms with van der Waals surface area (Å²) in [4.78, 5) is -9.04. The summed E-state index contributed by atoms with van der Waals surface area (Å²) in [6.07, 6.45) is 0. The molecule has 0 spiro atoms. The molecule has 0 aliphatic heterocycles.